The maximum atomic E-state index is 12.3. The predicted molar refractivity (Wildman–Crippen MR) is 109 cm³/mol. The number of hydrogen-bond acceptors (Lipinski definition) is 4. The Hall–Kier alpha value is -2.86. The molecule has 3 aromatic rings. The van der Waals surface area contributed by atoms with Crippen LogP contribution in [0.3, 0.4) is 0 Å². The third-order valence-corrected chi connectivity index (χ3v) is 5.10. The van der Waals surface area contributed by atoms with Gasteiger partial charge >= 0.3 is 6.03 Å². The Labute approximate surface area is 163 Å². The number of benzene rings is 2. The smallest absolute Gasteiger partial charge is 0.315 e. The molecule has 0 aliphatic heterocycles. The van der Waals surface area contributed by atoms with Gasteiger partial charge in [0.15, 0.2) is 0 Å². The lowest BCUT2D eigenvalue weighted by Gasteiger charge is -2.18. The zero-order chi connectivity index (χ0) is 19.1. The van der Waals surface area contributed by atoms with E-state index >= 15 is 0 Å². The molecular formula is C21H23N3O2S. The number of nitrogens with one attached hydrogen (secondary N) is 2. The molecular weight excluding hydrogens is 358 g/mol. The molecule has 0 spiro atoms. The number of hydrogen-bond donors (Lipinski definition) is 2. The van der Waals surface area contributed by atoms with E-state index in [1.807, 2.05) is 66.9 Å². The van der Waals surface area contributed by atoms with Gasteiger partial charge in [0.05, 0.1) is 25.4 Å². The van der Waals surface area contributed by atoms with Crippen LogP contribution in [-0.2, 0) is 6.54 Å². The summed E-state index contributed by atoms with van der Waals surface area (Å²) in [5, 5.41) is 8.80. The van der Waals surface area contributed by atoms with E-state index in [0.29, 0.717) is 6.54 Å². The van der Waals surface area contributed by atoms with E-state index in [9.17, 15) is 4.79 Å². The molecule has 2 amide bonds. The topological polar surface area (TPSA) is 63.2 Å². The first-order chi connectivity index (χ1) is 13.2. The number of amides is 2. The van der Waals surface area contributed by atoms with E-state index < -0.39 is 0 Å². The lowest BCUT2D eigenvalue weighted by Crippen LogP contribution is -2.37. The van der Waals surface area contributed by atoms with Crippen molar-refractivity contribution >= 4 is 17.4 Å². The second kappa shape index (κ2) is 9.19. The molecule has 140 valence electrons. The molecule has 27 heavy (non-hydrogen) atoms. The van der Waals surface area contributed by atoms with Crippen LogP contribution in [0.4, 0.5) is 4.79 Å². The SMILES string of the molecule is CCC(NC(=O)NCc1nc(-c2ccccc2)cs1)c1ccc(OC)cc1. The number of urea groups is 1. The maximum Gasteiger partial charge on any atom is 0.315 e. The van der Waals surface area contributed by atoms with Crippen molar-refractivity contribution in [3.05, 3.63) is 70.5 Å². The predicted octanol–water partition coefficient (Wildman–Crippen LogP) is 4.77. The van der Waals surface area contributed by atoms with E-state index in [4.69, 9.17) is 4.74 Å². The fraction of sp³-hybridized carbons (Fsp3) is 0.238. The third kappa shape index (κ3) is 5.08. The molecule has 1 unspecified atom stereocenters. The Bertz CT molecular complexity index is 863. The van der Waals surface area contributed by atoms with Crippen LogP contribution in [-0.4, -0.2) is 18.1 Å². The summed E-state index contributed by atoms with van der Waals surface area (Å²) in [6.45, 7) is 2.45. The quantitative estimate of drug-likeness (QED) is 0.620. The average molecular weight is 382 g/mol. The van der Waals surface area contributed by atoms with Gasteiger partial charge in [0.25, 0.3) is 0 Å². The number of carbonyl (C=O) groups excluding carboxylic acids is 1. The van der Waals surface area contributed by atoms with Crippen LogP contribution in [0.25, 0.3) is 11.3 Å². The minimum absolute atomic E-state index is 0.0490. The summed E-state index contributed by atoms with van der Waals surface area (Å²) in [6, 6.07) is 17.5. The Balaban J connectivity index is 1.55. The van der Waals surface area contributed by atoms with Gasteiger partial charge < -0.3 is 15.4 Å². The Kier molecular flexibility index (Phi) is 6.44. The first-order valence-corrected chi connectivity index (χ1v) is 9.75. The van der Waals surface area contributed by atoms with Crippen molar-refractivity contribution in [1.82, 2.24) is 15.6 Å². The highest BCUT2D eigenvalue weighted by Crippen LogP contribution is 2.22. The van der Waals surface area contributed by atoms with E-state index in [-0.39, 0.29) is 12.1 Å². The lowest BCUT2D eigenvalue weighted by atomic mass is 10.0. The van der Waals surface area contributed by atoms with Crippen LogP contribution in [0, 0.1) is 0 Å². The van der Waals surface area contributed by atoms with Crippen molar-refractivity contribution in [2.24, 2.45) is 0 Å². The molecule has 0 saturated heterocycles. The van der Waals surface area contributed by atoms with Gasteiger partial charge in [-0.25, -0.2) is 9.78 Å². The molecule has 2 N–H and O–H groups in total. The molecule has 0 bridgehead atoms. The molecule has 1 atom stereocenters. The van der Waals surface area contributed by atoms with Crippen LogP contribution in [0.15, 0.2) is 60.0 Å². The first-order valence-electron chi connectivity index (χ1n) is 8.87. The second-order valence-electron chi connectivity index (χ2n) is 6.05. The van der Waals surface area contributed by atoms with Gasteiger partial charge in [-0.1, -0.05) is 49.4 Å². The fourth-order valence-electron chi connectivity index (χ4n) is 2.76. The summed E-state index contributed by atoms with van der Waals surface area (Å²) in [4.78, 5) is 16.9. The van der Waals surface area contributed by atoms with E-state index in [1.54, 1.807) is 18.4 Å². The van der Waals surface area contributed by atoms with Gasteiger partial charge in [0, 0.05) is 10.9 Å². The van der Waals surface area contributed by atoms with Crippen LogP contribution < -0.4 is 15.4 Å². The van der Waals surface area contributed by atoms with Crippen molar-refractivity contribution in [2.75, 3.05) is 7.11 Å². The Morgan fingerprint density at radius 1 is 1.15 bits per heavy atom. The van der Waals surface area contributed by atoms with E-state index in [1.165, 1.54) is 0 Å². The van der Waals surface area contributed by atoms with Crippen LogP contribution in [0.1, 0.15) is 30.0 Å². The van der Waals surface area contributed by atoms with Crippen molar-refractivity contribution in [3.63, 3.8) is 0 Å². The highest BCUT2D eigenvalue weighted by molar-refractivity contribution is 7.09. The molecule has 0 aliphatic rings. The molecule has 6 heteroatoms. The zero-order valence-electron chi connectivity index (χ0n) is 15.4. The van der Waals surface area contributed by atoms with Gasteiger partial charge in [0.1, 0.15) is 10.8 Å². The normalized spacial score (nSPS) is 11.6. The van der Waals surface area contributed by atoms with Gasteiger partial charge in [-0.05, 0) is 24.1 Å². The summed E-state index contributed by atoms with van der Waals surface area (Å²) in [5.41, 5.74) is 3.06. The fourth-order valence-corrected chi connectivity index (χ4v) is 3.50. The molecule has 1 heterocycles. The van der Waals surface area contributed by atoms with E-state index in [0.717, 1.165) is 34.0 Å². The molecule has 3 rings (SSSR count). The highest BCUT2D eigenvalue weighted by Gasteiger charge is 2.13. The lowest BCUT2D eigenvalue weighted by molar-refractivity contribution is 0.236. The van der Waals surface area contributed by atoms with E-state index in [2.05, 4.69) is 15.6 Å². The summed E-state index contributed by atoms with van der Waals surface area (Å²) in [6.07, 6.45) is 0.801. The average Bonchev–Trinajstić information content (AvgIpc) is 3.20. The van der Waals surface area contributed by atoms with Crippen molar-refractivity contribution in [1.29, 1.82) is 0 Å². The number of rotatable bonds is 7. The first kappa shape index (κ1) is 18.9. The Morgan fingerprint density at radius 2 is 1.89 bits per heavy atom. The van der Waals surface area contributed by atoms with Gasteiger partial charge in [-0.15, -0.1) is 11.3 Å². The standard InChI is InChI=1S/C21H23N3O2S/c1-3-18(16-9-11-17(26-2)12-10-16)24-21(25)22-13-20-23-19(14-27-20)15-7-5-4-6-8-15/h4-12,14,18H,3,13H2,1-2H3,(H2,22,24,25). The van der Waals surface area contributed by atoms with Crippen molar-refractivity contribution < 1.29 is 9.53 Å². The Morgan fingerprint density at radius 3 is 2.56 bits per heavy atom. The van der Waals surface area contributed by atoms with Crippen LogP contribution >= 0.6 is 11.3 Å². The number of aromatic nitrogens is 1. The molecule has 2 aromatic carbocycles. The van der Waals surface area contributed by atoms with Crippen LogP contribution in [0.5, 0.6) is 5.75 Å². The molecule has 0 fully saturated rings. The number of ether oxygens (including phenoxy) is 1. The van der Waals surface area contributed by atoms with Gasteiger partial charge in [-0.2, -0.15) is 0 Å². The summed E-state index contributed by atoms with van der Waals surface area (Å²) in [5.74, 6) is 0.802. The van der Waals surface area contributed by atoms with Gasteiger partial charge in [-0.3, -0.25) is 0 Å². The summed E-state index contributed by atoms with van der Waals surface area (Å²) < 4.78 is 5.18. The minimum atomic E-state index is -0.200. The van der Waals surface area contributed by atoms with Crippen molar-refractivity contribution in [3.8, 4) is 17.0 Å². The molecule has 0 saturated carbocycles. The maximum absolute atomic E-state index is 12.3. The third-order valence-electron chi connectivity index (χ3n) is 4.25. The monoisotopic (exact) mass is 381 g/mol. The number of carbonyl (C=O) groups is 1. The summed E-state index contributed by atoms with van der Waals surface area (Å²) in [7, 11) is 1.64. The molecule has 1 aromatic heterocycles. The van der Waals surface area contributed by atoms with Gasteiger partial charge in [0.2, 0.25) is 0 Å². The largest absolute Gasteiger partial charge is 0.497 e. The number of methoxy groups -OCH3 is 1. The highest BCUT2D eigenvalue weighted by atomic mass is 32.1. The molecule has 0 aliphatic carbocycles. The minimum Gasteiger partial charge on any atom is -0.497 e. The number of nitrogens with zero attached hydrogens (tertiary/aromatic N) is 1. The molecule has 5 nitrogen and oxygen atoms in total. The summed E-state index contributed by atoms with van der Waals surface area (Å²) >= 11 is 1.54. The molecule has 0 radical (unpaired) electrons. The second-order valence-corrected chi connectivity index (χ2v) is 7.00. The number of thiazole rings is 1. The zero-order valence-corrected chi connectivity index (χ0v) is 16.3. The van der Waals surface area contributed by atoms with Crippen LogP contribution in [0.2, 0.25) is 0 Å². The van der Waals surface area contributed by atoms with Crippen molar-refractivity contribution in [2.45, 2.75) is 25.9 Å².